The minimum atomic E-state index is -0.461. The predicted octanol–water partition coefficient (Wildman–Crippen LogP) is 8.37. The number of hydrogen-bond acceptors (Lipinski definition) is 4. The smallest absolute Gasteiger partial charge is 0.138 e. The van der Waals surface area contributed by atoms with E-state index in [4.69, 9.17) is 9.47 Å². The number of nitriles is 1. The second-order valence-electron chi connectivity index (χ2n) is 10.7. The molecule has 3 aromatic carbocycles. The van der Waals surface area contributed by atoms with Crippen molar-refractivity contribution < 1.29 is 9.47 Å². The Labute approximate surface area is 217 Å². The number of anilines is 1. The molecule has 0 aliphatic carbocycles. The fourth-order valence-electron chi connectivity index (χ4n) is 4.33. The standard InChI is InChI=1S/C32H42N2O2/c1-8-19-34(10-3)27-17-16-24-21-26(15-14-25(24)22-27)28-12-11-13-30(29(28)23-33)36-32(6,7)18-20-35-31(4,5)9-2/h11-17,21-22H,8-10,18-20H2,1-7H3. The van der Waals surface area contributed by atoms with Gasteiger partial charge in [-0.25, -0.2) is 0 Å². The molecule has 0 heterocycles. The summed E-state index contributed by atoms with van der Waals surface area (Å²) in [6.07, 6.45) is 2.81. The number of ether oxygens (including phenoxy) is 2. The lowest BCUT2D eigenvalue weighted by Crippen LogP contribution is -2.33. The lowest BCUT2D eigenvalue weighted by atomic mass is 9.96. The zero-order valence-electron chi connectivity index (χ0n) is 23.1. The number of rotatable bonds is 12. The highest BCUT2D eigenvalue weighted by molar-refractivity contribution is 5.91. The van der Waals surface area contributed by atoms with E-state index in [2.05, 4.69) is 95.8 Å². The average Bonchev–Trinajstić information content (AvgIpc) is 2.86. The summed E-state index contributed by atoms with van der Waals surface area (Å²) in [4.78, 5) is 2.40. The predicted molar refractivity (Wildman–Crippen MR) is 152 cm³/mol. The third kappa shape index (κ3) is 6.80. The normalized spacial score (nSPS) is 11.9. The zero-order valence-corrected chi connectivity index (χ0v) is 23.1. The first-order chi connectivity index (χ1) is 17.1. The molecule has 0 radical (unpaired) electrons. The summed E-state index contributed by atoms with van der Waals surface area (Å²) in [5, 5.41) is 12.5. The highest BCUT2D eigenvalue weighted by atomic mass is 16.5. The fourth-order valence-corrected chi connectivity index (χ4v) is 4.33. The van der Waals surface area contributed by atoms with Crippen LogP contribution in [0.4, 0.5) is 5.69 Å². The van der Waals surface area contributed by atoms with Crippen LogP contribution in [-0.2, 0) is 4.74 Å². The molecule has 0 saturated carbocycles. The topological polar surface area (TPSA) is 45.5 Å². The van der Waals surface area contributed by atoms with Crippen molar-refractivity contribution in [1.82, 2.24) is 0 Å². The molecule has 192 valence electrons. The largest absolute Gasteiger partial charge is 0.486 e. The Balaban J connectivity index is 1.86. The van der Waals surface area contributed by atoms with Crippen LogP contribution in [0.25, 0.3) is 21.9 Å². The summed E-state index contributed by atoms with van der Waals surface area (Å²) in [5.74, 6) is 0.614. The van der Waals surface area contributed by atoms with Crippen LogP contribution in [-0.4, -0.2) is 30.9 Å². The zero-order chi connectivity index (χ0) is 26.3. The summed E-state index contributed by atoms with van der Waals surface area (Å²) in [6.45, 7) is 17.5. The summed E-state index contributed by atoms with van der Waals surface area (Å²) < 4.78 is 12.4. The van der Waals surface area contributed by atoms with E-state index in [9.17, 15) is 5.26 Å². The summed E-state index contributed by atoms with van der Waals surface area (Å²) in [5.41, 5.74) is 3.12. The molecule has 4 nitrogen and oxygen atoms in total. The molecule has 0 aromatic heterocycles. The molecule has 0 amide bonds. The molecular weight excluding hydrogens is 444 g/mol. The van der Waals surface area contributed by atoms with E-state index in [1.807, 2.05) is 18.2 Å². The van der Waals surface area contributed by atoms with E-state index in [-0.39, 0.29) is 5.60 Å². The van der Waals surface area contributed by atoms with Crippen molar-refractivity contribution in [1.29, 1.82) is 5.26 Å². The number of hydrogen-bond donors (Lipinski definition) is 0. The molecule has 0 aliphatic rings. The van der Waals surface area contributed by atoms with Gasteiger partial charge in [0.15, 0.2) is 0 Å². The summed E-state index contributed by atoms with van der Waals surface area (Å²) in [7, 11) is 0. The van der Waals surface area contributed by atoms with Gasteiger partial charge >= 0.3 is 0 Å². The molecular formula is C32H42N2O2. The molecule has 4 heteroatoms. The van der Waals surface area contributed by atoms with Gasteiger partial charge in [0.25, 0.3) is 0 Å². The minimum Gasteiger partial charge on any atom is -0.486 e. The van der Waals surface area contributed by atoms with Gasteiger partial charge in [-0.3, -0.25) is 0 Å². The Kier molecular flexibility index (Phi) is 9.03. The van der Waals surface area contributed by atoms with Gasteiger partial charge in [0.2, 0.25) is 0 Å². The molecule has 3 rings (SSSR count). The van der Waals surface area contributed by atoms with Gasteiger partial charge in [0.1, 0.15) is 23.0 Å². The molecule has 0 saturated heterocycles. The van der Waals surface area contributed by atoms with Crippen LogP contribution >= 0.6 is 0 Å². The molecule has 0 unspecified atom stereocenters. The average molecular weight is 487 g/mol. The monoisotopic (exact) mass is 486 g/mol. The van der Waals surface area contributed by atoms with Gasteiger partial charge in [-0.1, -0.05) is 44.2 Å². The second-order valence-corrected chi connectivity index (χ2v) is 10.7. The van der Waals surface area contributed by atoms with Gasteiger partial charge in [0, 0.05) is 30.8 Å². The molecule has 0 fully saturated rings. The SMILES string of the molecule is CCCN(CC)c1ccc2cc(-c3cccc(OC(C)(C)CCOC(C)(C)CC)c3C#N)ccc2c1. The molecule has 0 bridgehead atoms. The van der Waals surface area contributed by atoms with E-state index in [0.29, 0.717) is 17.9 Å². The lowest BCUT2D eigenvalue weighted by molar-refractivity contribution is -0.0423. The van der Waals surface area contributed by atoms with Crippen molar-refractivity contribution in [3.05, 3.63) is 60.2 Å². The molecule has 0 atom stereocenters. The Morgan fingerprint density at radius 1 is 0.889 bits per heavy atom. The van der Waals surface area contributed by atoms with Gasteiger partial charge < -0.3 is 14.4 Å². The molecule has 36 heavy (non-hydrogen) atoms. The first kappa shape index (κ1) is 27.6. The van der Waals surface area contributed by atoms with E-state index < -0.39 is 5.60 Å². The van der Waals surface area contributed by atoms with Crippen molar-refractivity contribution in [2.24, 2.45) is 0 Å². The van der Waals surface area contributed by atoms with Gasteiger partial charge in [-0.05, 0) is 88.1 Å². The van der Waals surface area contributed by atoms with Crippen LogP contribution < -0.4 is 9.64 Å². The van der Waals surface area contributed by atoms with Crippen molar-refractivity contribution >= 4 is 16.5 Å². The number of fused-ring (bicyclic) bond motifs is 1. The van der Waals surface area contributed by atoms with Gasteiger partial charge in [-0.2, -0.15) is 5.26 Å². The van der Waals surface area contributed by atoms with Crippen LogP contribution in [0.5, 0.6) is 5.75 Å². The van der Waals surface area contributed by atoms with Crippen molar-refractivity contribution in [3.8, 4) is 22.9 Å². The summed E-state index contributed by atoms with van der Waals surface area (Å²) >= 11 is 0. The van der Waals surface area contributed by atoms with Crippen LogP contribution in [0.2, 0.25) is 0 Å². The fraction of sp³-hybridized carbons (Fsp3) is 0.469. The van der Waals surface area contributed by atoms with Gasteiger partial charge in [-0.15, -0.1) is 0 Å². The first-order valence-corrected chi connectivity index (χ1v) is 13.3. The summed E-state index contributed by atoms with van der Waals surface area (Å²) in [6, 6.07) is 21.3. The van der Waals surface area contributed by atoms with Crippen LogP contribution in [0, 0.1) is 11.3 Å². The van der Waals surface area contributed by atoms with Crippen molar-refractivity contribution in [3.63, 3.8) is 0 Å². The molecule has 0 aliphatic heterocycles. The first-order valence-electron chi connectivity index (χ1n) is 13.3. The third-order valence-corrected chi connectivity index (χ3v) is 6.95. The number of benzene rings is 3. The Hall–Kier alpha value is -3.03. The van der Waals surface area contributed by atoms with E-state index in [1.165, 1.54) is 11.1 Å². The lowest BCUT2D eigenvalue weighted by Gasteiger charge is -2.30. The quantitative estimate of drug-likeness (QED) is 0.258. The Morgan fingerprint density at radius 3 is 2.28 bits per heavy atom. The highest BCUT2D eigenvalue weighted by Crippen LogP contribution is 2.35. The third-order valence-electron chi connectivity index (χ3n) is 6.95. The number of nitrogens with zero attached hydrogens (tertiary/aromatic N) is 2. The van der Waals surface area contributed by atoms with Crippen molar-refractivity contribution in [2.45, 2.75) is 78.9 Å². The maximum atomic E-state index is 10.1. The van der Waals surface area contributed by atoms with E-state index in [0.717, 1.165) is 48.9 Å². The minimum absolute atomic E-state index is 0.143. The Bertz CT molecular complexity index is 1210. The van der Waals surface area contributed by atoms with Crippen LogP contribution in [0.1, 0.15) is 73.3 Å². The van der Waals surface area contributed by atoms with E-state index in [1.54, 1.807) is 0 Å². The maximum Gasteiger partial charge on any atom is 0.138 e. The van der Waals surface area contributed by atoms with Crippen molar-refractivity contribution in [2.75, 3.05) is 24.6 Å². The second kappa shape index (κ2) is 11.8. The van der Waals surface area contributed by atoms with E-state index >= 15 is 0 Å². The molecule has 3 aromatic rings. The molecule has 0 N–H and O–H groups in total. The maximum absolute atomic E-state index is 10.1. The highest BCUT2D eigenvalue weighted by Gasteiger charge is 2.24. The van der Waals surface area contributed by atoms with Crippen LogP contribution in [0.15, 0.2) is 54.6 Å². The van der Waals surface area contributed by atoms with Crippen LogP contribution in [0.3, 0.4) is 0 Å². The molecule has 0 spiro atoms. The van der Waals surface area contributed by atoms with Gasteiger partial charge in [0.05, 0.1) is 12.2 Å². The Morgan fingerprint density at radius 2 is 1.61 bits per heavy atom.